The highest BCUT2D eigenvalue weighted by Gasteiger charge is 2.24. The molecule has 0 unspecified atom stereocenters. The molecule has 0 aliphatic heterocycles. The average Bonchev–Trinajstić information content (AvgIpc) is 2.61. The number of aryl methyl sites for hydroxylation is 1. The van der Waals surface area contributed by atoms with Gasteiger partial charge >= 0.3 is 0 Å². The molecule has 0 spiro atoms. The molecule has 28 heavy (non-hydrogen) atoms. The standard InChI is InChI=1S/C23H24O5/c1-12(2)8-10-14-19(25)16(11-9-13(3)4)23-18(20(14)26)21(27)15-6-5-7-17(24)22(15)28-23/h5-7,24-26H,1,3,8-11H2,2,4H3. The normalized spacial score (nSPS) is 11.2. The third-order valence-electron chi connectivity index (χ3n) is 4.87. The van der Waals surface area contributed by atoms with Crippen LogP contribution in [0.3, 0.4) is 0 Å². The van der Waals surface area contributed by atoms with E-state index in [1.54, 1.807) is 6.07 Å². The van der Waals surface area contributed by atoms with Gasteiger partial charge in [-0.15, -0.1) is 13.2 Å². The number of allylic oxidation sites excluding steroid dienone is 2. The fraction of sp³-hybridized carbons (Fsp3) is 0.261. The molecule has 3 aromatic rings. The molecule has 1 aromatic heterocycles. The lowest BCUT2D eigenvalue weighted by Crippen LogP contribution is -2.07. The number of fused-ring (bicyclic) bond motifs is 2. The predicted molar refractivity (Wildman–Crippen MR) is 111 cm³/mol. The number of phenols is 3. The number of hydrogen-bond acceptors (Lipinski definition) is 5. The summed E-state index contributed by atoms with van der Waals surface area (Å²) in [6, 6.07) is 4.50. The van der Waals surface area contributed by atoms with Crippen molar-refractivity contribution in [3.63, 3.8) is 0 Å². The van der Waals surface area contributed by atoms with Gasteiger partial charge in [0.15, 0.2) is 11.3 Å². The van der Waals surface area contributed by atoms with Crippen molar-refractivity contribution in [3.05, 3.63) is 63.9 Å². The van der Waals surface area contributed by atoms with Crippen molar-refractivity contribution in [2.24, 2.45) is 0 Å². The average molecular weight is 380 g/mol. The van der Waals surface area contributed by atoms with Gasteiger partial charge in [0, 0.05) is 11.1 Å². The summed E-state index contributed by atoms with van der Waals surface area (Å²) in [5, 5.41) is 32.0. The van der Waals surface area contributed by atoms with Crippen LogP contribution in [0, 0.1) is 0 Å². The fourth-order valence-electron chi connectivity index (χ4n) is 3.33. The highest BCUT2D eigenvalue weighted by atomic mass is 16.4. The third-order valence-corrected chi connectivity index (χ3v) is 4.87. The molecule has 0 bridgehead atoms. The molecule has 0 atom stereocenters. The Morgan fingerprint density at radius 3 is 2.14 bits per heavy atom. The van der Waals surface area contributed by atoms with Gasteiger partial charge in [-0.05, 0) is 51.7 Å². The molecule has 0 saturated heterocycles. The maximum Gasteiger partial charge on any atom is 0.204 e. The smallest absolute Gasteiger partial charge is 0.204 e. The van der Waals surface area contributed by atoms with E-state index in [2.05, 4.69) is 13.2 Å². The minimum Gasteiger partial charge on any atom is -0.507 e. The van der Waals surface area contributed by atoms with Gasteiger partial charge in [0.25, 0.3) is 0 Å². The molecule has 146 valence electrons. The molecule has 0 fully saturated rings. The van der Waals surface area contributed by atoms with E-state index in [0.29, 0.717) is 36.8 Å². The van der Waals surface area contributed by atoms with Crippen LogP contribution in [0.4, 0.5) is 0 Å². The summed E-state index contributed by atoms with van der Waals surface area (Å²) >= 11 is 0. The van der Waals surface area contributed by atoms with E-state index in [0.717, 1.165) is 11.1 Å². The molecule has 0 amide bonds. The Morgan fingerprint density at radius 1 is 0.929 bits per heavy atom. The number of aromatic hydroxyl groups is 3. The van der Waals surface area contributed by atoms with Gasteiger partial charge in [0.1, 0.15) is 22.5 Å². The second kappa shape index (κ2) is 7.43. The van der Waals surface area contributed by atoms with Crippen LogP contribution in [0.25, 0.3) is 21.9 Å². The minimum atomic E-state index is -0.446. The van der Waals surface area contributed by atoms with E-state index in [4.69, 9.17) is 4.42 Å². The number of phenolic OH excluding ortho intramolecular Hbond substituents is 3. The summed E-state index contributed by atoms with van der Waals surface area (Å²) in [4.78, 5) is 13.1. The first kappa shape index (κ1) is 19.5. The summed E-state index contributed by atoms with van der Waals surface area (Å²) in [6.45, 7) is 11.5. The van der Waals surface area contributed by atoms with E-state index in [1.165, 1.54) is 12.1 Å². The van der Waals surface area contributed by atoms with Crippen LogP contribution in [-0.4, -0.2) is 15.3 Å². The molecular formula is C23H24O5. The number of hydrogen-bond donors (Lipinski definition) is 3. The van der Waals surface area contributed by atoms with Crippen molar-refractivity contribution in [1.29, 1.82) is 0 Å². The summed E-state index contributed by atoms with van der Waals surface area (Å²) in [5.41, 5.74) is 2.22. The molecule has 2 aromatic carbocycles. The third kappa shape index (κ3) is 3.36. The summed E-state index contributed by atoms with van der Waals surface area (Å²) in [6.07, 6.45) is 1.88. The van der Waals surface area contributed by atoms with Gasteiger partial charge in [-0.25, -0.2) is 0 Å². The van der Waals surface area contributed by atoms with Gasteiger partial charge < -0.3 is 19.7 Å². The highest BCUT2D eigenvalue weighted by Crippen LogP contribution is 2.42. The first-order chi connectivity index (χ1) is 13.2. The van der Waals surface area contributed by atoms with Crippen molar-refractivity contribution in [1.82, 2.24) is 0 Å². The van der Waals surface area contributed by atoms with Crippen molar-refractivity contribution in [2.45, 2.75) is 39.5 Å². The monoisotopic (exact) mass is 380 g/mol. The Bertz CT molecular complexity index is 1170. The minimum absolute atomic E-state index is 0.0179. The molecule has 5 heteroatoms. The van der Waals surface area contributed by atoms with Crippen molar-refractivity contribution >= 4 is 21.9 Å². The summed E-state index contributed by atoms with van der Waals surface area (Å²) < 4.78 is 5.85. The lowest BCUT2D eigenvalue weighted by molar-refractivity contribution is 0.434. The van der Waals surface area contributed by atoms with Crippen LogP contribution < -0.4 is 5.43 Å². The Labute approximate surface area is 162 Å². The molecular weight excluding hydrogens is 356 g/mol. The zero-order chi connectivity index (χ0) is 20.6. The second-order valence-corrected chi connectivity index (χ2v) is 7.36. The van der Waals surface area contributed by atoms with E-state index in [9.17, 15) is 20.1 Å². The second-order valence-electron chi connectivity index (χ2n) is 7.36. The Kier molecular flexibility index (Phi) is 5.18. The first-order valence-electron chi connectivity index (χ1n) is 9.15. The van der Waals surface area contributed by atoms with Crippen LogP contribution in [-0.2, 0) is 12.8 Å². The highest BCUT2D eigenvalue weighted by molar-refractivity contribution is 5.98. The SMILES string of the molecule is C=C(C)CCc1c(O)c(CCC(=C)C)c2oc3c(O)cccc3c(=O)c2c1O. The van der Waals surface area contributed by atoms with Crippen molar-refractivity contribution in [2.75, 3.05) is 0 Å². The molecule has 3 rings (SSSR count). The predicted octanol–water partition coefficient (Wildman–Crippen LogP) is 5.08. The molecule has 0 saturated carbocycles. The summed E-state index contributed by atoms with van der Waals surface area (Å²) in [7, 11) is 0. The lowest BCUT2D eigenvalue weighted by atomic mass is 9.94. The van der Waals surface area contributed by atoms with E-state index in [1.807, 2.05) is 13.8 Å². The molecule has 3 N–H and O–H groups in total. The van der Waals surface area contributed by atoms with Gasteiger partial charge in [0.05, 0.1) is 5.39 Å². The van der Waals surface area contributed by atoms with Crippen molar-refractivity contribution < 1.29 is 19.7 Å². The van der Waals surface area contributed by atoms with E-state index in [-0.39, 0.29) is 39.2 Å². The maximum absolute atomic E-state index is 13.1. The van der Waals surface area contributed by atoms with Crippen LogP contribution in [0.2, 0.25) is 0 Å². The maximum atomic E-state index is 13.1. The number of para-hydroxylation sites is 1. The lowest BCUT2D eigenvalue weighted by Gasteiger charge is -2.16. The van der Waals surface area contributed by atoms with Crippen LogP contribution in [0.5, 0.6) is 17.2 Å². The van der Waals surface area contributed by atoms with Gasteiger partial charge in [-0.1, -0.05) is 17.2 Å². The van der Waals surface area contributed by atoms with Crippen LogP contribution in [0.1, 0.15) is 37.8 Å². The topological polar surface area (TPSA) is 90.9 Å². The van der Waals surface area contributed by atoms with Gasteiger partial charge in [-0.2, -0.15) is 0 Å². The van der Waals surface area contributed by atoms with Crippen LogP contribution in [0.15, 0.2) is 51.7 Å². The molecule has 1 heterocycles. The quantitative estimate of drug-likeness (QED) is 0.410. The zero-order valence-corrected chi connectivity index (χ0v) is 16.1. The molecule has 0 aliphatic carbocycles. The fourth-order valence-corrected chi connectivity index (χ4v) is 3.33. The Balaban J connectivity index is 2.42. The van der Waals surface area contributed by atoms with E-state index >= 15 is 0 Å². The largest absolute Gasteiger partial charge is 0.507 e. The zero-order valence-electron chi connectivity index (χ0n) is 16.1. The van der Waals surface area contributed by atoms with Gasteiger partial charge in [0.2, 0.25) is 5.43 Å². The van der Waals surface area contributed by atoms with Gasteiger partial charge in [-0.3, -0.25) is 4.79 Å². The molecule has 5 nitrogen and oxygen atoms in total. The number of rotatable bonds is 6. The Morgan fingerprint density at radius 2 is 1.54 bits per heavy atom. The first-order valence-corrected chi connectivity index (χ1v) is 9.15. The Hall–Kier alpha value is -3.21. The summed E-state index contributed by atoms with van der Waals surface area (Å²) in [5.74, 6) is -0.551. The van der Waals surface area contributed by atoms with E-state index < -0.39 is 5.43 Å². The van der Waals surface area contributed by atoms with Crippen molar-refractivity contribution in [3.8, 4) is 17.2 Å². The molecule has 0 aliphatic rings. The van der Waals surface area contributed by atoms with Crippen LogP contribution >= 0.6 is 0 Å². The number of benzene rings is 2. The molecule has 0 radical (unpaired) electrons.